The van der Waals surface area contributed by atoms with Gasteiger partial charge in [0.1, 0.15) is 5.54 Å². The second kappa shape index (κ2) is 9.09. The Kier molecular flexibility index (Phi) is 6.55. The molecule has 28 heavy (non-hydrogen) atoms. The molecule has 0 atom stereocenters. The molecule has 0 spiro atoms. The van der Waals surface area contributed by atoms with Gasteiger partial charge in [-0.3, -0.25) is 9.59 Å². The van der Waals surface area contributed by atoms with Gasteiger partial charge in [0.05, 0.1) is 6.42 Å². The maximum Gasteiger partial charge on any atom is 0.248 e. The number of hydrogen-bond acceptors (Lipinski definition) is 2. The highest BCUT2D eigenvalue weighted by Crippen LogP contribution is 2.30. The lowest BCUT2D eigenvalue weighted by Crippen LogP contribution is -2.60. The van der Waals surface area contributed by atoms with Gasteiger partial charge >= 0.3 is 0 Å². The zero-order valence-electron chi connectivity index (χ0n) is 17.0. The zero-order chi connectivity index (χ0) is 20.0. The van der Waals surface area contributed by atoms with Crippen molar-refractivity contribution in [3.63, 3.8) is 0 Å². The topological polar surface area (TPSA) is 54.3 Å². The van der Waals surface area contributed by atoms with Gasteiger partial charge < -0.3 is 14.8 Å². The summed E-state index contributed by atoms with van der Waals surface area (Å²) >= 11 is 0. The van der Waals surface area contributed by atoms with Crippen molar-refractivity contribution in [1.29, 1.82) is 0 Å². The first-order valence-electron chi connectivity index (χ1n) is 10.4. The lowest BCUT2D eigenvalue weighted by molar-refractivity contribution is -0.143. The highest BCUT2D eigenvalue weighted by molar-refractivity contribution is 5.92. The molecular formula is C23H31N3O2. The van der Waals surface area contributed by atoms with Gasteiger partial charge in [0.2, 0.25) is 11.8 Å². The Morgan fingerprint density at radius 3 is 2.18 bits per heavy atom. The molecule has 1 aliphatic carbocycles. The molecule has 3 rings (SSSR count). The molecular weight excluding hydrogens is 350 g/mol. The third kappa shape index (κ3) is 4.46. The lowest BCUT2D eigenvalue weighted by atomic mass is 9.80. The number of likely N-dealkylation sites (N-methyl/N-ethyl adjacent to an activating group) is 1. The number of nitrogens with zero attached hydrogens (tertiary/aromatic N) is 2. The minimum atomic E-state index is -0.730. The summed E-state index contributed by atoms with van der Waals surface area (Å²) in [7, 11) is 0. The van der Waals surface area contributed by atoms with Gasteiger partial charge in [-0.15, -0.1) is 0 Å². The fourth-order valence-electron chi connectivity index (χ4n) is 4.15. The SMILES string of the molecule is CCN(CC)C(=O)C1(NC(=O)Cc2ccc(-n3cccc3)cc2)CCCCC1. The van der Waals surface area contributed by atoms with E-state index < -0.39 is 5.54 Å². The Labute approximate surface area is 167 Å². The monoisotopic (exact) mass is 381 g/mol. The highest BCUT2D eigenvalue weighted by Gasteiger charge is 2.42. The van der Waals surface area contributed by atoms with Crippen LogP contribution in [0.4, 0.5) is 0 Å². The molecule has 0 unspecified atom stereocenters. The van der Waals surface area contributed by atoms with Crippen molar-refractivity contribution in [2.24, 2.45) is 0 Å². The van der Waals surface area contributed by atoms with E-state index in [0.717, 1.165) is 43.4 Å². The molecule has 0 bridgehead atoms. The third-order valence-electron chi connectivity index (χ3n) is 5.75. The van der Waals surface area contributed by atoms with E-state index >= 15 is 0 Å². The molecule has 2 amide bonds. The van der Waals surface area contributed by atoms with Gasteiger partial charge in [0, 0.05) is 31.2 Å². The van der Waals surface area contributed by atoms with E-state index in [1.807, 2.05) is 72.1 Å². The van der Waals surface area contributed by atoms with Crippen LogP contribution >= 0.6 is 0 Å². The van der Waals surface area contributed by atoms with E-state index in [4.69, 9.17) is 0 Å². The Morgan fingerprint density at radius 1 is 1.00 bits per heavy atom. The Bertz CT molecular complexity index is 771. The molecule has 1 saturated carbocycles. The van der Waals surface area contributed by atoms with Gasteiger partial charge in [-0.05, 0) is 56.5 Å². The van der Waals surface area contributed by atoms with Crippen LogP contribution in [0.25, 0.3) is 5.69 Å². The average molecular weight is 382 g/mol. The maximum absolute atomic E-state index is 13.2. The van der Waals surface area contributed by atoms with Crippen LogP contribution in [0.1, 0.15) is 51.5 Å². The first-order valence-corrected chi connectivity index (χ1v) is 10.4. The molecule has 2 aromatic rings. The second-order valence-corrected chi connectivity index (χ2v) is 7.60. The molecule has 1 aliphatic rings. The van der Waals surface area contributed by atoms with Crippen molar-refractivity contribution in [3.05, 3.63) is 54.4 Å². The van der Waals surface area contributed by atoms with E-state index in [2.05, 4.69) is 5.32 Å². The van der Waals surface area contributed by atoms with Gasteiger partial charge in [-0.1, -0.05) is 31.4 Å². The summed E-state index contributed by atoms with van der Waals surface area (Å²) in [6, 6.07) is 12.0. The van der Waals surface area contributed by atoms with Gasteiger partial charge in [0.15, 0.2) is 0 Å². The van der Waals surface area contributed by atoms with Crippen LogP contribution in [-0.4, -0.2) is 39.9 Å². The van der Waals surface area contributed by atoms with Crippen LogP contribution in [0, 0.1) is 0 Å². The van der Waals surface area contributed by atoms with E-state index in [9.17, 15) is 9.59 Å². The van der Waals surface area contributed by atoms with Crippen LogP contribution in [0.2, 0.25) is 0 Å². The molecule has 5 heteroatoms. The quantitative estimate of drug-likeness (QED) is 0.795. The zero-order valence-corrected chi connectivity index (χ0v) is 17.0. The fraction of sp³-hybridized carbons (Fsp3) is 0.478. The van der Waals surface area contributed by atoms with Crippen LogP contribution in [0.3, 0.4) is 0 Å². The Balaban J connectivity index is 1.69. The minimum Gasteiger partial charge on any atom is -0.341 e. The Hall–Kier alpha value is -2.56. The molecule has 0 radical (unpaired) electrons. The van der Waals surface area contributed by atoms with E-state index in [1.54, 1.807) is 0 Å². The van der Waals surface area contributed by atoms with E-state index in [-0.39, 0.29) is 11.8 Å². The van der Waals surface area contributed by atoms with Crippen molar-refractivity contribution in [3.8, 4) is 5.69 Å². The molecule has 150 valence electrons. The van der Waals surface area contributed by atoms with Gasteiger partial charge in [-0.25, -0.2) is 0 Å². The number of carbonyl (C=O) groups excluding carboxylic acids is 2. The first kappa shape index (κ1) is 20.2. The summed E-state index contributed by atoms with van der Waals surface area (Å²) in [4.78, 5) is 27.8. The first-order chi connectivity index (χ1) is 13.6. The predicted octanol–water partition coefficient (Wildman–Crippen LogP) is 3.71. The number of amides is 2. The van der Waals surface area contributed by atoms with Gasteiger partial charge in [-0.2, -0.15) is 0 Å². The van der Waals surface area contributed by atoms with E-state index in [0.29, 0.717) is 19.5 Å². The summed E-state index contributed by atoms with van der Waals surface area (Å²) in [6.45, 7) is 5.33. The number of aromatic nitrogens is 1. The lowest BCUT2D eigenvalue weighted by Gasteiger charge is -2.40. The summed E-state index contributed by atoms with van der Waals surface area (Å²) in [5, 5.41) is 3.14. The number of rotatable bonds is 7. The summed E-state index contributed by atoms with van der Waals surface area (Å²) in [5.74, 6) is 0.00428. The third-order valence-corrected chi connectivity index (χ3v) is 5.75. The van der Waals surface area contributed by atoms with Gasteiger partial charge in [0.25, 0.3) is 0 Å². The number of benzene rings is 1. The number of carbonyl (C=O) groups is 2. The molecule has 1 fully saturated rings. The largest absolute Gasteiger partial charge is 0.341 e. The van der Waals surface area contributed by atoms with Crippen molar-refractivity contribution < 1.29 is 9.59 Å². The minimum absolute atomic E-state index is 0.0730. The molecule has 0 aliphatic heterocycles. The van der Waals surface area contributed by atoms with E-state index in [1.165, 1.54) is 0 Å². The maximum atomic E-state index is 13.2. The molecule has 1 N–H and O–H groups in total. The number of hydrogen-bond donors (Lipinski definition) is 1. The summed E-state index contributed by atoms with van der Waals surface area (Å²) in [6.07, 6.45) is 8.85. The highest BCUT2D eigenvalue weighted by atomic mass is 16.2. The normalized spacial score (nSPS) is 15.8. The fourth-order valence-corrected chi connectivity index (χ4v) is 4.15. The van der Waals surface area contributed by atoms with Crippen molar-refractivity contribution in [2.45, 2.75) is 57.9 Å². The van der Waals surface area contributed by atoms with Crippen molar-refractivity contribution in [1.82, 2.24) is 14.8 Å². The summed E-state index contributed by atoms with van der Waals surface area (Å²) < 4.78 is 2.03. The van der Waals surface area contributed by atoms with Crippen LogP contribution in [0.5, 0.6) is 0 Å². The average Bonchev–Trinajstić information content (AvgIpc) is 3.25. The molecule has 5 nitrogen and oxygen atoms in total. The van der Waals surface area contributed by atoms with Crippen LogP contribution < -0.4 is 5.32 Å². The van der Waals surface area contributed by atoms with Crippen molar-refractivity contribution in [2.75, 3.05) is 13.1 Å². The summed E-state index contributed by atoms with van der Waals surface area (Å²) in [5.41, 5.74) is 1.29. The molecule has 1 aromatic heterocycles. The molecule has 0 saturated heterocycles. The standard InChI is InChI=1S/C23H31N3O2/c1-3-25(4-2)22(28)23(14-6-5-7-15-23)24-21(27)18-19-10-12-20(13-11-19)26-16-8-9-17-26/h8-13,16-17H,3-7,14-15,18H2,1-2H3,(H,24,27). The van der Waals surface area contributed by atoms with Crippen LogP contribution in [-0.2, 0) is 16.0 Å². The predicted molar refractivity (Wildman–Crippen MR) is 111 cm³/mol. The smallest absolute Gasteiger partial charge is 0.248 e. The van der Waals surface area contributed by atoms with Crippen molar-refractivity contribution >= 4 is 11.8 Å². The second-order valence-electron chi connectivity index (χ2n) is 7.60. The van der Waals surface area contributed by atoms with Crippen LogP contribution in [0.15, 0.2) is 48.8 Å². The molecule has 1 aromatic carbocycles. The Morgan fingerprint density at radius 2 is 1.61 bits per heavy atom. The molecule has 1 heterocycles. The number of nitrogens with one attached hydrogen (secondary N) is 1.